The van der Waals surface area contributed by atoms with Crippen LogP contribution in [0, 0.1) is 0 Å². The molecule has 1 aromatic rings. The van der Waals surface area contributed by atoms with Crippen molar-refractivity contribution in [2.75, 3.05) is 27.2 Å². The normalized spacial score (nSPS) is 10.4. The van der Waals surface area contributed by atoms with Gasteiger partial charge in [0.05, 0.1) is 6.54 Å². The average Bonchev–Trinajstić information content (AvgIpc) is 2.54. The maximum Gasteiger partial charge on any atom is 0.239 e. The van der Waals surface area contributed by atoms with E-state index in [2.05, 4.69) is 22.2 Å². The highest BCUT2D eigenvalue weighted by Gasteiger charge is 2.07. The Kier molecular flexibility index (Phi) is 12.0. The van der Waals surface area contributed by atoms with Crippen LogP contribution in [0.25, 0.3) is 0 Å². The van der Waals surface area contributed by atoms with Crippen molar-refractivity contribution in [2.24, 2.45) is 4.99 Å². The van der Waals surface area contributed by atoms with Crippen molar-refractivity contribution in [2.45, 2.75) is 19.4 Å². The fourth-order valence-corrected chi connectivity index (χ4v) is 1.98. The molecular formula is C17H27IN4O. The largest absolute Gasteiger partial charge is 0.350 e. The first-order chi connectivity index (χ1) is 10.7. The number of unbranched alkanes of at least 4 members (excludes halogenated alkanes) is 1. The van der Waals surface area contributed by atoms with E-state index in [-0.39, 0.29) is 36.4 Å². The van der Waals surface area contributed by atoms with Crippen LogP contribution in [0.3, 0.4) is 0 Å². The molecule has 0 atom stereocenters. The Morgan fingerprint density at radius 2 is 2.00 bits per heavy atom. The maximum absolute atomic E-state index is 11.9. The van der Waals surface area contributed by atoms with Crippen molar-refractivity contribution in [3.05, 3.63) is 48.6 Å². The van der Waals surface area contributed by atoms with E-state index >= 15 is 0 Å². The molecule has 0 bridgehead atoms. The second-order valence-electron chi connectivity index (χ2n) is 5.02. The summed E-state index contributed by atoms with van der Waals surface area (Å²) in [4.78, 5) is 18.0. The molecule has 1 rings (SSSR count). The van der Waals surface area contributed by atoms with E-state index in [1.54, 1.807) is 7.05 Å². The zero-order chi connectivity index (χ0) is 16.2. The Morgan fingerprint density at radius 1 is 1.30 bits per heavy atom. The van der Waals surface area contributed by atoms with Gasteiger partial charge in [-0.1, -0.05) is 36.4 Å². The number of aliphatic imine (C=N–C) groups is 1. The Hall–Kier alpha value is -1.57. The Morgan fingerprint density at radius 3 is 2.61 bits per heavy atom. The molecule has 0 spiro atoms. The molecule has 23 heavy (non-hydrogen) atoms. The monoisotopic (exact) mass is 430 g/mol. The van der Waals surface area contributed by atoms with Crippen LogP contribution < -0.4 is 10.6 Å². The SMILES string of the molecule is C=CCCCN(C)C(=NC)NCC(=O)NCc1ccccc1.I. The summed E-state index contributed by atoms with van der Waals surface area (Å²) in [5.41, 5.74) is 1.08. The standard InChI is InChI=1S/C17H26N4O.HI/c1-4-5-9-12-21(3)17(18-2)20-14-16(22)19-13-15-10-7-6-8-11-15;/h4,6-8,10-11H,1,5,9,12-14H2,2-3H3,(H,18,20)(H,19,22);1H. The van der Waals surface area contributed by atoms with Gasteiger partial charge in [0.25, 0.3) is 0 Å². The highest BCUT2D eigenvalue weighted by molar-refractivity contribution is 14.0. The molecule has 0 saturated carbocycles. The molecule has 5 nitrogen and oxygen atoms in total. The Balaban J connectivity index is 0.00000484. The second kappa shape index (κ2) is 12.9. The Bertz CT molecular complexity index is 491. The molecule has 1 amide bonds. The van der Waals surface area contributed by atoms with Gasteiger partial charge in [-0.3, -0.25) is 9.79 Å². The lowest BCUT2D eigenvalue weighted by Crippen LogP contribution is -2.44. The zero-order valence-corrected chi connectivity index (χ0v) is 16.2. The first-order valence-electron chi connectivity index (χ1n) is 7.50. The van der Waals surface area contributed by atoms with Crippen LogP contribution in [0.1, 0.15) is 18.4 Å². The predicted molar refractivity (Wildman–Crippen MR) is 107 cm³/mol. The van der Waals surface area contributed by atoms with Crippen molar-refractivity contribution >= 4 is 35.8 Å². The summed E-state index contributed by atoms with van der Waals surface area (Å²) in [7, 11) is 3.68. The van der Waals surface area contributed by atoms with Crippen LogP contribution >= 0.6 is 24.0 Å². The van der Waals surface area contributed by atoms with Crippen molar-refractivity contribution in [1.29, 1.82) is 0 Å². The van der Waals surface area contributed by atoms with Crippen LogP contribution in [0.2, 0.25) is 0 Å². The number of carbonyl (C=O) groups is 1. The fraction of sp³-hybridized carbons (Fsp3) is 0.412. The summed E-state index contributed by atoms with van der Waals surface area (Å²) < 4.78 is 0. The van der Waals surface area contributed by atoms with Crippen LogP contribution in [-0.4, -0.2) is 44.0 Å². The van der Waals surface area contributed by atoms with Gasteiger partial charge >= 0.3 is 0 Å². The highest BCUT2D eigenvalue weighted by atomic mass is 127. The minimum Gasteiger partial charge on any atom is -0.350 e. The van der Waals surface area contributed by atoms with E-state index in [0.29, 0.717) is 6.54 Å². The number of nitrogens with zero attached hydrogens (tertiary/aromatic N) is 2. The first kappa shape index (κ1) is 21.4. The third-order valence-electron chi connectivity index (χ3n) is 3.21. The van der Waals surface area contributed by atoms with Gasteiger partial charge in [-0.15, -0.1) is 30.6 Å². The van der Waals surface area contributed by atoms with Crippen LogP contribution in [-0.2, 0) is 11.3 Å². The lowest BCUT2D eigenvalue weighted by molar-refractivity contribution is -0.120. The number of guanidine groups is 1. The van der Waals surface area contributed by atoms with E-state index in [4.69, 9.17) is 0 Å². The van der Waals surface area contributed by atoms with E-state index in [1.807, 2.05) is 48.4 Å². The van der Waals surface area contributed by atoms with E-state index in [1.165, 1.54) is 0 Å². The number of hydrogen-bond donors (Lipinski definition) is 2. The summed E-state index contributed by atoms with van der Waals surface area (Å²) in [5.74, 6) is 0.670. The maximum atomic E-state index is 11.9. The van der Waals surface area contributed by atoms with E-state index < -0.39 is 0 Å². The number of nitrogens with one attached hydrogen (secondary N) is 2. The quantitative estimate of drug-likeness (QED) is 0.219. The number of halogens is 1. The minimum absolute atomic E-state index is 0. The molecular weight excluding hydrogens is 403 g/mol. The number of amides is 1. The highest BCUT2D eigenvalue weighted by Crippen LogP contribution is 1.97. The molecule has 6 heteroatoms. The number of rotatable bonds is 8. The van der Waals surface area contributed by atoms with Gasteiger partial charge in [0, 0.05) is 27.2 Å². The molecule has 0 heterocycles. The summed E-state index contributed by atoms with van der Waals surface area (Å²) in [6, 6.07) is 9.85. The molecule has 0 saturated heterocycles. The molecule has 128 valence electrons. The predicted octanol–water partition coefficient (Wildman–Crippen LogP) is 2.39. The van der Waals surface area contributed by atoms with Crippen molar-refractivity contribution in [3.8, 4) is 0 Å². The molecule has 0 aromatic heterocycles. The van der Waals surface area contributed by atoms with Gasteiger partial charge in [-0.05, 0) is 18.4 Å². The molecule has 0 aliphatic rings. The topological polar surface area (TPSA) is 56.7 Å². The summed E-state index contributed by atoms with van der Waals surface area (Å²) in [5, 5.41) is 5.95. The van der Waals surface area contributed by atoms with Gasteiger partial charge in [0.1, 0.15) is 0 Å². The molecule has 2 N–H and O–H groups in total. The fourth-order valence-electron chi connectivity index (χ4n) is 1.98. The van der Waals surface area contributed by atoms with Crippen LogP contribution in [0.15, 0.2) is 48.0 Å². The van der Waals surface area contributed by atoms with Crippen LogP contribution in [0.5, 0.6) is 0 Å². The molecule has 0 unspecified atom stereocenters. The number of allylic oxidation sites excluding steroid dienone is 1. The molecule has 0 fully saturated rings. The molecule has 0 radical (unpaired) electrons. The molecule has 0 aliphatic heterocycles. The van der Waals surface area contributed by atoms with Gasteiger partial charge in [0.15, 0.2) is 5.96 Å². The molecule has 1 aromatic carbocycles. The average molecular weight is 430 g/mol. The number of hydrogen-bond acceptors (Lipinski definition) is 2. The Labute approximate surface area is 156 Å². The third-order valence-corrected chi connectivity index (χ3v) is 3.21. The molecule has 0 aliphatic carbocycles. The van der Waals surface area contributed by atoms with Crippen molar-refractivity contribution < 1.29 is 4.79 Å². The van der Waals surface area contributed by atoms with Gasteiger partial charge in [-0.25, -0.2) is 0 Å². The van der Waals surface area contributed by atoms with Gasteiger partial charge < -0.3 is 15.5 Å². The number of carbonyl (C=O) groups excluding carboxylic acids is 1. The van der Waals surface area contributed by atoms with Crippen molar-refractivity contribution in [1.82, 2.24) is 15.5 Å². The lowest BCUT2D eigenvalue weighted by atomic mass is 10.2. The van der Waals surface area contributed by atoms with Crippen molar-refractivity contribution in [3.63, 3.8) is 0 Å². The smallest absolute Gasteiger partial charge is 0.239 e. The summed E-state index contributed by atoms with van der Waals surface area (Å²) in [6.07, 6.45) is 3.89. The lowest BCUT2D eigenvalue weighted by Gasteiger charge is -2.21. The third kappa shape index (κ3) is 9.22. The summed E-state index contributed by atoms with van der Waals surface area (Å²) >= 11 is 0. The summed E-state index contributed by atoms with van der Waals surface area (Å²) in [6.45, 7) is 5.33. The first-order valence-corrected chi connectivity index (χ1v) is 7.50. The van der Waals surface area contributed by atoms with Gasteiger partial charge in [0.2, 0.25) is 5.91 Å². The van der Waals surface area contributed by atoms with E-state index in [9.17, 15) is 4.79 Å². The zero-order valence-electron chi connectivity index (χ0n) is 13.9. The van der Waals surface area contributed by atoms with E-state index in [0.717, 1.165) is 30.9 Å². The van der Waals surface area contributed by atoms with Gasteiger partial charge in [-0.2, -0.15) is 0 Å². The minimum atomic E-state index is -0.0514. The number of benzene rings is 1. The van der Waals surface area contributed by atoms with Crippen LogP contribution in [0.4, 0.5) is 0 Å². The second-order valence-corrected chi connectivity index (χ2v) is 5.02.